The molecule has 1 N–H and O–H groups in total. The SMILES string of the molecule is CC(C)C(=O)N1CCCc2cc(-c3csc(NC(=O)c4ccc(F)cc4F)n3)ccc21. The number of benzene rings is 2. The van der Waals surface area contributed by atoms with Crippen LogP contribution in [0.1, 0.15) is 36.2 Å². The molecule has 0 radical (unpaired) electrons. The molecule has 0 unspecified atom stereocenters. The number of carbonyl (C=O) groups excluding carboxylic acids is 2. The van der Waals surface area contributed by atoms with Crippen molar-refractivity contribution >= 4 is 34.0 Å². The minimum atomic E-state index is -0.926. The lowest BCUT2D eigenvalue weighted by Gasteiger charge is -2.31. The molecule has 0 fully saturated rings. The minimum Gasteiger partial charge on any atom is -0.312 e. The van der Waals surface area contributed by atoms with Gasteiger partial charge in [-0.2, -0.15) is 0 Å². The second-order valence-corrected chi connectivity index (χ2v) is 8.57. The Bertz CT molecular complexity index is 1160. The molecule has 3 aromatic rings. The van der Waals surface area contributed by atoms with Crippen LogP contribution >= 0.6 is 11.3 Å². The topological polar surface area (TPSA) is 62.3 Å². The zero-order chi connectivity index (χ0) is 22.1. The molecule has 0 aliphatic carbocycles. The zero-order valence-corrected chi connectivity index (χ0v) is 17.9. The van der Waals surface area contributed by atoms with Gasteiger partial charge < -0.3 is 4.90 Å². The Kier molecular flexibility index (Phi) is 5.82. The van der Waals surface area contributed by atoms with Crippen molar-refractivity contribution < 1.29 is 18.4 Å². The number of amides is 2. The first-order chi connectivity index (χ1) is 14.8. The van der Waals surface area contributed by atoms with E-state index in [1.807, 2.05) is 36.9 Å². The van der Waals surface area contributed by atoms with Gasteiger partial charge in [-0.3, -0.25) is 14.9 Å². The summed E-state index contributed by atoms with van der Waals surface area (Å²) in [6.07, 6.45) is 1.78. The Morgan fingerprint density at radius 3 is 2.71 bits per heavy atom. The van der Waals surface area contributed by atoms with E-state index in [2.05, 4.69) is 10.3 Å². The molecule has 1 aliphatic heterocycles. The second kappa shape index (κ2) is 8.55. The molecule has 1 aliphatic rings. The average Bonchev–Trinajstić information content (AvgIpc) is 3.20. The summed E-state index contributed by atoms with van der Waals surface area (Å²) in [5.74, 6) is -2.32. The van der Waals surface area contributed by atoms with E-state index in [0.717, 1.165) is 48.3 Å². The number of aryl methyl sites for hydroxylation is 1. The van der Waals surface area contributed by atoms with Gasteiger partial charge in [0.05, 0.1) is 11.3 Å². The normalized spacial score (nSPS) is 13.3. The number of rotatable bonds is 4. The summed E-state index contributed by atoms with van der Waals surface area (Å²) in [6.45, 7) is 4.51. The molecule has 2 amide bonds. The molecule has 2 heterocycles. The van der Waals surface area contributed by atoms with Gasteiger partial charge in [0.25, 0.3) is 5.91 Å². The molecule has 160 valence electrons. The van der Waals surface area contributed by atoms with Crippen molar-refractivity contribution in [2.75, 3.05) is 16.8 Å². The lowest BCUT2D eigenvalue weighted by Crippen LogP contribution is -2.38. The minimum absolute atomic E-state index is 0.0683. The molecule has 0 saturated heterocycles. The molecule has 31 heavy (non-hydrogen) atoms. The predicted molar refractivity (Wildman–Crippen MR) is 117 cm³/mol. The van der Waals surface area contributed by atoms with Crippen molar-refractivity contribution in [3.63, 3.8) is 0 Å². The summed E-state index contributed by atoms with van der Waals surface area (Å²) in [7, 11) is 0. The Morgan fingerprint density at radius 2 is 1.97 bits per heavy atom. The largest absolute Gasteiger partial charge is 0.312 e. The van der Waals surface area contributed by atoms with Crippen molar-refractivity contribution in [2.45, 2.75) is 26.7 Å². The van der Waals surface area contributed by atoms with Crippen molar-refractivity contribution in [1.82, 2.24) is 4.98 Å². The first-order valence-electron chi connectivity index (χ1n) is 10.00. The van der Waals surface area contributed by atoms with Crippen LogP contribution in [0.3, 0.4) is 0 Å². The highest BCUT2D eigenvalue weighted by Gasteiger charge is 2.25. The van der Waals surface area contributed by atoms with E-state index in [0.29, 0.717) is 16.9 Å². The molecule has 0 atom stereocenters. The maximum Gasteiger partial charge on any atom is 0.260 e. The van der Waals surface area contributed by atoms with E-state index >= 15 is 0 Å². The number of nitrogens with one attached hydrogen (secondary N) is 1. The van der Waals surface area contributed by atoms with E-state index in [1.54, 1.807) is 5.38 Å². The van der Waals surface area contributed by atoms with Gasteiger partial charge in [0.2, 0.25) is 5.91 Å². The number of halogens is 2. The molecule has 4 rings (SSSR count). The molecular weight excluding hydrogens is 420 g/mol. The monoisotopic (exact) mass is 441 g/mol. The lowest BCUT2D eigenvalue weighted by molar-refractivity contribution is -0.121. The second-order valence-electron chi connectivity index (χ2n) is 7.71. The Morgan fingerprint density at radius 1 is 1.16 bits per heavy atom. The lowest BCUT2D eigenvalue weighted by atomic mass is 9.97. The molecule has 8 heteroatoms. The Hall–Kier alpha value is -3.13. The third-order valence-electron chi connectivity index (χ3n) is 5.15. The first-order valence-corrected chi connectivity index (χ1v) is 10.9. The van der Waals surface area contributed by atoms with E-state index < -0.39 is 17.5 Å². The molecule has 5 nitrogen and oxygen atoms in total. The van der Waals surface area contributed by atoms with E-state index in [9.17, 15) is 18.4 Å². The fourth-order valence-corrected chi connectivity index (χ4v) is 4.31. The van der Waals surface area contributed by atoms with Crippen LogP contribution in [0.15, 0.2) is 41.8 Å². The van der Waals surface area contributed by atoms with Gasteiger partial charge in [0.1, 0.15) is 11.6 Å². The number of anilines is 2. The summed E-state index contributed by atoms with van der Waals surface area (Å²) in [4.78, 5) is 31.1. The highest BCUT2D eigenvalue weighted by Crippen LogP contribution is 2.33. The smallest absolute Gasteiger partial charge is 0.260 e. The highest BCUT2D eigenvalue weighted by molar-refractivity contribution is 7.14. The van der Waals surface area contributed by atoms with Crippen LogP contribution in [0, 0.1) is 17.6 Å². The van der Waals surface area contributed by atoms with Crippen LogP contribution in [-0.2, 0) is 11.2 Å². The van der Waals surface area contributed by atoms with Crippen LogP contribution < -0.4 is 10.2 Å². The maximum atomic E-state index is 13.8. The molecule has 2 aromatic carbocycles. The van der Waals surface area contributed by atoms with Gasteiger partial charge in [-0.05, 0) is 42.7 Å². The van der Waals surface area contributed by atoms with E-state index in [-0.39, 0.29) is 17.4 Å². The maximum absolute atomic E-state index is 13.8. The number of hydrogen-bond acceptors (Lipinski definition) is 4. The van der Waals surface area contributed by atoms with Crippen molar-refractivity contribution in [1.29, 1.82) is 0 Å². The van der Waals surface area contributed by atoms with Gasteiger partial charge >= 0.3 is 0 Å². The fraction of sp³-hybridized carbons (Fsp3) is 0.261. The number of thiazole rings is 1. The quantitative estimate of drug-likeness (QED) is 0.600. The average molecular weight is 442 g/mol. The Balaban J connectivity index is 1.54. The van der Waals surface area contributed by atoms with Crippen LogP contribution in [0.2, 0.25) is 0 Å². The number of nitrogens with zero attached hydrogens (tertiary/aromatic N) is 2. The van der Waals surface area contributed by atoms with Gasteiger partial charge in [-0.25, -0.2) is 13.8 Å². The molecule has 0 bridgehead atoms. The number of hydrogen-bond donors (Lipinski definition) is 1. The third-order valence-corrected chi connectivity index (χ3v) is 5.91. The summed E-state index contributed by atoms with van der Waals surface area (Å²) in [6, 6.07) is 8.67. The summed E-state index contributed by atoms with van der Waals surface area (Å²) in [5.41, 5.74) is 3.33. The fourth-order valence-electron chi connectivity index (χ4n) is 3.60. The predicted octanol–water partition coefficient (Wildman–Crippen LogP) is 5.28. The van der Waals surface area contributed by atoms with Crippen molar-refractivity contribution in [2.24, 2.45) is 5.92 Å². The number of carbonyl (C=O) groups is 2. The zero-order valence-electron chi connectivity index (χ0n) is 17.1. The van der Waals surface area contributed by atoms with Crippen molar-refractivity contribution in [3.05, 3.63) is 64.5 Å². The van der Waals surface area contributed by atoms with E-state index in [1.165, 1.54) is 11.3 Å². The van der Waals surface area contributed by atoms with Gasteiger partial charge in [-0.15, -0.1) is 11.3 Å². The van der Waals surface area contributed by atoms with Gasteiger partial charge in [-0.1, -0.05) is 19.9 Å². The molecular formula is C23H21F2N3O2S. The Labute approximate surface area is 182 Å². The van der Waals surface area contributed by atoms with E-state index in [4.69, 9.17) is 0 Å². The van der Waals surface area contributed by atoms with Crippen molar-refractivity contribution in [3.8, 4) is 11.3 Å². The van der Waals surface area contributed by atoms with Gasteiger partial charge in [0.15, 0.2) is 5.13 Å². The standard InChI is InChI=1S/C23H21F2N3O2S/c1-13(2)22(30)28-9-3-4-15-10-14(5-8-20(15)28)19-12-31-23(26-19)27-21(29)17-7-6-16(24)11-18(17)25/h5-8,10-13H,3-4,9H2,1-2H3,(H,26,27,29). The van der Waals surface area contributed by atoms with Crippen LogP contribution in [-0.4, -0.2) is 23.3 Å². The summed E-state index contributed by atoms with van der Waals surface area (Å²) >= 11 is 1.22. The molecule has 0 saturated carbocycles. The summed E-state index contributed by atoms with van der Waals surface area (Å²) in [5, 5.41) is 4.68. The number of aromatic nitrogens is 1. The number of fused-ring (bicyclic) bond motifs is 1. The van der Waals surface area contributed by atoms with Crippen LogP contribution in [0.5, 0.6) is 0 Å². The molecule has 0 spiro atoms. The summed E-state index contributed by atoms with van der Waals surface area (Å²) < 4.78 is 26.9. The molecule has 1 aromatic heterocycles. The highest BCUT2D eigenvalue weighted by atomic mass is 32.1. The van der Waals surface area contributed by atoms with Crippen LogP contribution in [0.4, 0.5) is 19.6 Å². The first kappa shape index (κ1) is 21.1. The third kappa shape index (κ3) is 4.34. The van der Waals surface area contributed by atoms with Gasteiger partial charge in [0, 0.05) is 35.2 Å². The van der Waals surface area contributed by atoms with Crippen LogP contribution in [0.25, 0.3) is 11.3 Å².